The molecule has 158 valence electrons. The van der Waals surface area contributed by atoms with Crippen LogP contribution in [0, 0.1) is 6.92 Å². The van der Waals surface area contributed by atoms with Crippen molar-refractivity contribution in [2.45, 2.75) is 96.7 Å². The summed E-state index contributed by atoms with van der Waals surface area (Å²) in [6.45, 7) is 8.76. The summed E-state index contributed by atoms with van der Waals surface area (Å²) in [4.78, 5) is 28.9. The maximum Gasteiger partial charge on any atom is 0.408 e. The van der Waals surface area contributed by atoms with Gasteiger partial charge in [-0.1, -0.05) is 25.7 Å². The first-order valence-electron chi connectivity index (χ1n) is 10.4. The summed E-state index contributed by atoms with van der Waals surface area (Å²) in [7, 11) is 0. The van der Waals surface area contributed by atoms with Crippen molar-refractivity contribution in [2.75, 3.05) is 6.54 Å². The number of nitrogens with zero attached hydrogens (tertiary/aromatic N) is 2. The smallest absolute Gasteiger partial charge is 0.408 e. The first kappa shape index (κ1) is 22.2. The van der Waals surface area contributed by atoms with Gasteiger partial charge >= 0.3 is 6.09 Å². The van der Waals surface area contributed by atoms with Crippen LogP contribution < -0.4 is 10.6 Å². The van der Waals surface area contributed by atoms with Gasteiger partial charge in [0.05, 0.1) is 5.54 Å². The molecule has 2 N–H and O–H groups in total. The van der Waals surface area contributed by atoms with E-state index in [2.05, 4.69) is 15.6 Å². The number of aryl methyl sites for hydroxylation is 2. The molecule has 0 atom stereocenters. The third-order valence-electron chi connectivity index (χ3n) is 5.18. The molecule has 0 radical (unpaired) electrons. The van der Waals surface area contributed by atoms with Crippen molar-refractivity contribution in [3.05, 3.63) is 18.2 Å². The van der Waals surface area contributed by atoms with Crippen molar-refractivity contribution in [3.63, 3.8) is 0 Å². The van der Waals surface area contributed by atoms with Gasteiger partial charge < -0.3 is 19.9 Å². The van der Waals surface area contributed by atoms with E-state index in [9.17, 15) is 9.59 Å². The summed E-state index contributed by atoms with van der Waals surface area (Å²) < 4.78 is 7.50. The van der Waals surface area contributed by atoms with Gasteiger partial charge in [0.2, 0.25) is 5.91 Å². The van der Waals surface area contributed by atoms with Gasteiger partial charge in [0.1, 0.15) is 11.4 Å². The molecule has 1 heterocycles. The number of carbonyl (C=O) groups excluding carboxylic acids is 2. The predicted molar refractivity (Wildman–Crippen MR) is 109 cm³/mol. The molecule has 28 heavy (non-hydrogen) atoms. The highest BCUT2D eigenvalue weighted by molar-refractivity contribution is 5.76. The zero-order valence-corrected chi connectivity index (χ0v) is 17.8. The van der Waals surface area contributed by atoms with Crippen LogP contribution in [0.4, 0.5) is 4.79 Å². The summed E-state index contributed by atoms with van der Waals surface area (Å²) in [6.07, 6.45) is 10.7. The highest BCUT2D eigenvalue weighted by Crippen LogP contribution is 2.27. The van der Waals surface area contributed by atoms with Crippen LogP contribution in [0.1, 0.15) is 78.0 Å². The molecule has 1 saturated carbocycles. The number of nitrogens with one attached hydrogen (secondary N) is 2. The van der Waals surface area contributed by atoms with Crippen LogP contribution in [0.5, 0.6) is 0 Å². The molecule has 0 saturated heterocycles. The molecule has 7 heteroatoms. The zero-order valence-electron chi connectivity index (χ0n) is 17.8. The lowest BCUT2D eigenvalue weighted by Crippen LogP contribution is -2.56. The van der Waals surface area contributed by atoms with Gasteiger partial charge in [-0.3, -0.25) is 4.79 Å². The lowest BCUT2D eigenvalue weighted by molar-refractivity contribution is -0.121. The standard InChI is InChI=1S/C21H36N4O3/c1-17-22-13-15-25(17)14-9-10-18(26)23-16-21(11-7-5-6-8-12-21)24-19(27)28-20(2,3)4/h13,15H,5-12,14,16H2,1-4H3,(H,23,26)(H,24,27). The van der Waals surface area contributed by atoms with Crippen molar-refractivity contribution in [3.8, 4) is 0 Å². The van der Waals surface area contributed by atoms with E-state index < -0.39 is 17.2 Å². The molecule has 0 aromatic carbocycles. The Labute approximate surface area is 168 Å². The number of rotatable bonds is 7. The summed E-state index contributed by atoms with van der Waals surface area (Å²) in [5, 5.41) is 6.13. The third kappa shape index (κ3) is 7.52. The Morgan fingerprint density at radius 3 is 2.46 bits per heavy atom. The Hall–Kier alpha value is -2.05. The largest absolute Gasteiger partial charge is 0.444 e. The molecule has 1 aliphatic carbocycles. The van der Waals surface area contributed by atoms with Gasteiger partial charge in [0, 0.05) is 31.9 Å². The molecule has 1 fully saturated rings. The minimum absolute atomic E-state index is 0.0207. The molecule has 0 aliphatic heterocycles. The second kappa shape index (κ2) is 9.94. The summed E-state index contributed by atoms with van der Waals surface area (Å²) in [5.41, 5.74) is -0.958. The number of hydrogen-bond donors (Lipinski definition) is 2. The molecule has 1 aromatic rings. The van der Waals surface area contributed by atoms with Crippen molar-refractivity contribution >= 4 is 12.0 Å². The molecule has 0 unspecified atom stereocenters. The molecule has 1 aromatic heterocycles. The van der Waals surface area contributed by atoms with Crippen LogP contribution in [-0.4, -0.2) is 39.2 Å². The van der Waals surface area contributed by atoms with Crippen molar-refractivity contribution in [1.82, 2.24) is 20.2 Å². The normalized spacial score (nSPS) is 16.9. The molecular weight excluding hydrogens is 356 g/mol. The Morgan fingerprint density at radius 1 is 1.21 bits per heavy atom. The van der Waals surface area contributed by atoms with Crippen LogP contribution in [0.15, 0.2) is 12.4 Å². The quantitative estimate of drug-likeness (QED) is 0.693. The first-order chi connectivity index (χ1) is 13.2. The minimum atomic E-state index is -0.537. The fourth-order valence-corrected chi connectivity index (χ4v) is 3.68. The number of alkyl carbamates (subject to hydrolysis) is 1. The van der Waals surface area contributed by atoms with Crippen molar-refractivity contribution in [2.24, 2.45) is 0 Å². The first-order valence-corrected chi connectivity index (χ1v) is 10.4. The van der Waals surface area contributed by atoms with E-state index in [1.54, 1.807) is 6.20 Å². The van der Waals surface area contributed by atoms with Gasteiger partial charge in [0.15, 0.2) is 0 Å². The Morgan fingerprint density at radius 2 is 1.89 bits per heavy atom. The number of ether oxygens (including phenoxy) is 1. The zero-order chi connectivity index (χ0) is 20.6. The highest BCUT2D eigenvalue weighted by Gasteiger charge is 2.34. The molecule has 7 nitrogen and oxygen atoms in total. The van der Waals surface area contributed by atoms with E-state index in [0.717, 1.165) is 57.3 Å². The lowest BCUT2D eigenvalue weighted by Gasteiger charge is -2.35. The molecule has 2 amide bonds. The Bertz CT molecular complexity index is 640. The average molecular weight is 393 g/mol. The third-order valence-corrected chi connectivity index (χ3v) is 5.18. The van der Waals surface area contributed by atoms with Crippen LogP contribution >= 0.6 is 0 Å². The molecule has 0 spiro atoms. The van der Waals surface area contributed by atoms with Crippen LogP contribution in [0.3, 0.4) is 0 Å². The van der Waals surface area contributed by atoms with E-state index >= 15 is 0 Å². The fourth-order valence-electron chi connectivity index (χ4n) is 3.68. The monoisotopic (exact) mass is 392 g/mol. The second-order valence-corrected chi connectivity index (χ2v) is 8.87. The Balaban J connectivity index is 1.86. The van der Waals surface area contributed by atoms with Gasteiger partial charge in [-0.2, -0.15) is 0 Å². The summed E-state index contributed by atoms with van der Waals surface area (Å²) in [5.74, 6) is 0.978. The number of aromatic nitrogens is 2. The molecule has 2 rings (SSSR count). The number of carbonyl (C=O) groups is 2. The van der Waals surface area contributed by atoms with Crippen LogP contribution in [0.25, 0.3) is 0 Å². The predicted octanol–water partition coefficient (Wildman–Crippen LogP) is 3.71. The maximum atomic E-state index is 12.4. The topological polar surface area (TPSA) is 85.3 Å². The number of imidazole rings is 1. The van der Waals surface area contributed by atoms with Crippen molar-refractivity contribution in [1.29, 1.82) is 0 Å². The van der Waals surface area contributed by atoms with E-state index in [0.29, 0.717) is 13.0 Å². The Kier molecular flexibility index (Phi) is 7.89. The van der Waals surface area contributed by atoms with Gasteiger partial charge in [-0.25, -0.2) is 9.78 Å². The SMILES string of the molecule is Cc1nccn1CCCC(=O)NCC1(NC(=O)OC(C)(C)C)CCCCCC1. The number of amides is 2. The summed E-state index contributed by atoms with van der Waals surface area (Å²) >= 11 is 0. The van der Waals surface area contributed by atoms with E-state index in [1.807, 2.05) is 38.5 Å². The van der Waals surface area contributed by atoms with Crippen molar-refractivity contribution < 1.29 is 14.3 Å². The van der Waals surface area contributed by atoms with Gasteiger partial charge in [0.25, 0.3) is 0 Å². The van der Waals surface area contributed by atoms with Gasteiger partial charge in [-0.05, 0) is 47.0 Å². The average Bonchev–Trinajstić information content (AvgIpc) is 2.86. The van der Waals surface area contributed by atoms with Crippen LogP contribution in [0.2, 0.25) is 0 Å². The summed E-state index contributed by atoms with van der Waals surface area (Å²) in [6, 6.07) is 0. The highest BCUT2D eigenvalue weighted by atomic mass is 16.6. The lowest BCUT2D eigenvalue weighted by atomic mass is 9.90. The fraction of sp³-hybridized carbons (Fsp3) is 0.762. The number of hydrogen-bond acceptors (Lipinski definition) is 4. The molecule has 1 aliphatic rings. The van der Waals surface area contributed by atoms with Crippen LogP contribution in [-0.2, 0) is 16.1 Å². The minimum Gasteiger partial charge on any atom is -0.444 e. The van der Waals surface area contributed by atoms with E-state index in [1.165, 1.54) is 0 Å². The van der Waals surface area contributed by atoms with Gasteiger partial charge in [-0.15, -0.1) is 0 Å². The molecular formula is C21H36N4O3. The maximum absolute atomic E-state index is 12.4. The van der Waals surface area contributed by atoms with E-state index in [4.69, 9.17) is 4.74 Å². The second-order valence-electron chi connectivity index (χ2n) is 8.87. The van der Waals surface area contributed by atoms with E-state index in [-0.39, 0.29) is 5.91 Å². The molecule has 0 bridgehead atoms.